The van der Waals surface area contributed by atoms with Gasteiger partial charge in [0, 0.05) is 19.7 Å². The molecule has 6 heteroatoms. The van der Waals surface area contributed by atoms with Crippen LogP contribution in [0.25, 0.3) is 0 Å². The summed E-state index contributed by atoms with van der Waals surface area (Å²) in [5.74, 6) is 0.0186. The molecule has 0 heterocycles. The first-order chi connectivity index (χ1) is 8.47. The van der Waals surface area contributed by atoms with Crippen molar-refractivity contribution in [3.63, 3.8) is 0 Å². The third kappa shape index (κ3) is 4.57. The molecule has 1 atom stereocenters. The lowest BCUT2D eigenvalue weighted by Crippen LogP contribution is -2.34. The molecule has 0 radical (unpaired) electrons. The zero-order valence-electron chi connectivity index (χ0n) is 10.5. The van der Waals surface area contributed by atoms with Crippen LogP contribution < -0.4 is 5.32 Å². The second-order valence-corrected chi connectivity index (χ2v) is 6.54. The molecule has 0 fully saturated rings. The second kappa shape index (κ2) is 7.09. The van der Waals surface area contributed by atoms with Gasteiger partial charge >= 0.3 is 0 Å². The van der Waals surface area contributed by atoms with Gasteiger partial charge in [-0.1, -0.05) is 23.7 Å². The zero-order valence-corrected chi connectivity index (χ0v) is 12.1. The highest BCUT2D eigenvalue weighted by Crippen LogP contribution is 2.21. The van der Waals surface area contributed by atoms with E-state index in [1.807, 2.05) is 6.92 Å². The van der Waals surface area contributed by atoms with Gasteiger partial charge < -0.3 is 10.1 Å². The first-order valence-electron chi connectivity index (χ1n) is 5.67. The molecule has 0 aliphatic carbocycles. The van der Waals surface area contributed by atoms with Crippen molar-refractivity contribution >= 4 is 21.4 Å². The molecule has 0 saturated heterocycles. The largest absolute Gasteiger partial charge is 0.383 e. The zero-order chi connectivity index (χ0) is 13.6. The molecule has 1 rings (SSSR count). The summed E-state index contributed by atoms with van der Waals surface area (Å²) in [4.78, 5) is 0.188. The molecule has 1 N–H and O–H groups in total. The predicted octanol–water partition coefficient (Wildman–Crippen LogP) is 1.74. The number of sulfone groups is 1. The Bertz CT molecular complexity index is 476. The highest BCUT2D eigenvalue weighted by atomic mass is 35.5. The normalized spacial score (nSPS) is 13.5. The van der Waals surface area contributed by atoms with E-state index in [0.29, 0.717) is 13.2 Å². The van der Waals surface area contributed by atoms with Gasteiger partial charge in [0.2, 0.25) is 0 Å². The van der Waals surface area contributed by atoms with E-state index in [1.54, 1.807) is 25.3 Å². The molecule has 1 unspecified atom stereocenters. The third-order valence-electron chi connectivity index (χ3n) is 2.45. The summed E-state index contributed by atoms with van der Waals surface area (Å²) in [5.41, 5.74) is 0. The van der Waals surface area contributed by atoms with Crippen molar-refractivity contribution in [1.82, 2.24) is 5.32 Å². The van der Waals surface area contributed by atoms with Crippen molar-refractivity contribution in [3.05, 3.63) is 29.3 Å². The van der Waals surface area contributed by atoms with Crippen LogP contribution in [0.1, 0.15) is 6.92 Å². The average Bonchev–Trinajstić information content (AvgIpc) is 2.29. The molecule has 0 aliphatic rings. The minimum Gasteiger partial charge on any atom is -0.383 e. The summed E-state index contributed by atoms with van der Waals surface area (Å²) in [6, 6.07) is 6.60. The fraction of sp³-hybridized carbons (Fsp3) is 0.500. The van der Waals surface area contributed by atoms with Crippen molar-refractivity contribution in [3.8, 4) is 0 Å². The number of nitrogens with one attached hydrogen (secondary N) is 1. The first-order valence-corrected chi connectivity index (χ1v) is 7.70. The highest BCUT2D eigenvalue weighted by molar-refractivity contribution is 7.91. The van der Waals surface area contributed by atoms with E-state index < -0.39 is 9.84 Å². The number of halogens is 1. The fourth-order valence-electron chi connectivity index (χ4n) is 1.56. The van der Waals surface area contributed by atoms with Crippen LogP contribution >= 0.6 is 11.6 Å². The Kier molecular flexibility index (Phi) is 6.08. The Morgan fingerprint density at radius 1 is 1.39 bits per heavy atom. The van der Waals surface area contributed by atoms with E-state index in [2.05, 4.69) is 5.32 Å². The van der Waals surface area contributed by atoms with Crippen LogP contribution in [-0.4, -0.2) is 40.5 Å². The lowest BCUT2D eigenvalue weighted by molar-refractivity contribution is 0.173. The van der Waals surface area contributed by atoms with E-state index in [-0.39, 0.29) is 21.7 Å². The van der Waals surface area contributed by atoms with E-state index in [0.717, 1.165) is 0 Å². The molecular formula is C12H18ClNO3S. The molecule has 0 saturated carbocycles. The maximum Gasteiger partial charge on any atom is 0.181 e. The summed E-state index contributed by atoms with van der Waals surface area (Å²) in [5, 5.41) is 3.35. The Morgan fingerprint density at radius 2 is 2.06 bits per heavy atom. The maximum absolute atomic E-state index is 12.0. The van der Waals surface area contributed by atoms with Crippen molar-refractivity contribution in [2.45, 2.75) is 17.9 Å². The van der Waals surface area contributed by atoms with Crippen molar-refractivity contribution < 1.29 is 13.2 Å². The molecule has 0 aromatic heterocycles. The van der Waals surface area contributed by atoms with Crippen LogP contribution in [-0.2, 0) is 14.6 Å². The fourth-order valence-corrected chi connectivity index (χ4v) is 3.30. The summed E-state index contributed by atoms with van der Waals surface area (Å²) in [6.45, 7) is 2.86. The molecule has 1 aromatic carbocycles. The number of methoxy groups -OCH3 is 1. The van der Waals surface area contributed by atoms with Gasteiger partial charge in [0.05, 0.1) is 22.3 Å². The predicted molar refractivity (Wildman–Crippen MR) is 72.8 cm³/mol. The summed E-state index contributed by atoms with van der Waals surface area (Å²) in [6.07, 6.45) is 0. The van der Waals surface area contributed by atoms with Gasteiger partial charge in [-0.25, -0.2) is 8.42 Å². The van der Waals surface area contributed by atoms with E-state index in [1.165, 1.54) is 6.07 Å². The van der Waals surface area contributed by atoms with Crippen LogP contribution in [0.5, 0.6) is 0 Å². The van der Waals surface area contributed by atoms with Crippen molar-refractivity contribution in [2.75, 3.05) is 26.0 Å². The van der Waals surface area contributed by atoms with Gasteiger partial charge in [0.25, 0.3) is 0 Å². The van der Waals surface area contributed by atoms with E-state index in [9.17, 15) is 8.42 Å². The molecule has 4 nitrogen and oxygen atoms in total. The topological polar surface area (TPSA) is 55.4 Å². The Hall–Kier alpha value is -0.620. The SMILES string of the molecule is COCC(C)NCCS(=O)(=O)c1ccccc1Cl. The lowest BCUT2D eigenvalue weighted by atomic mass is 10.4. The molecular weight excluding hydrogens is 274 g/mol. The van der Waals surface area contributed by atoms with Gasteiger partial charge in [-0.3, -0.25) is 0 Å². The van der Waals surface area contributed by atoms with Crippen LogP contribution in [0.15, 0.2) is 29.2 Å². The standard InChI is InChI=1S/C12H18ClNO3S/c1-10(9-17-2)14-7-8-18(15,16)12-6-4-3-5-11(12)13/h3-6,10,14H,7-9H2,1-2H3. The number of benzene rings is 1. The van der Waals surface area contributed by atoms with Crippen LogP contribution in [0.4, 0.5) is 0 Å². The number of hydrogen-bond donors (Lipinski definition) is 1. The van der Waals surface area contributed by atoms with Gasteiger partial charge in [-0.05, 0) is 19.1 Å². The van der Waals surface area contributed by atoms with Crippen molar-refractivity contribution in [2.24, 2.45) is 0 Å². The summed E-state index contributed by atoms with van der Waals surface area (Å²) in [7, 11) is -1.73. The number of rotatable bonds is 7. The molecule has 1 aromatic rings. The van der Waals surface area contributed by atoms with Gasteiger partial charge in [-0.15, -0.1) is 0 Å². The minimum atomic E-state index is -3.34. The Morgan fingerprint density at radius 3 is 2.67 bits per heavy atom. The monoisotopic (exact) mass is 291 g/mol. The molecule has 0 spiro atoms. The third-order valence-corrected chi connectivity index (χ3v) is 4.66. The molecule has 0 aliphatic heterocycles. The molecule has 102 valence electrons. The Balaban J connectivity index is 2.59. The first kappa shape index (κ1) is 15.4. The molecule has 18 heavy (non-hydrogen) atoms. The van der Waals surface area contributed by atoms with E-state index >= 15 is 0 Å². The van der Waals surface area contributed by atoms with Gasteiger partial charge in [-0.2, -0.15) is 0 Å². The second-order valence-electron chi connectivity index (χ2n) is 4.06. The Labute approximate surface area is 113 Å². The average molecular weight is 292 g/mol. The van der Waals surface area contributed by atoms with Crippen LogP contribution in [0.3, 0.4) is 0 Å². The van der Waals surface area contributed by atoms with Crippen LogP contribution in [0.2, 0.25) is 5.02 Å². The number of ether oxygens (including phenoxy) is 1. The van der Waals surface area contributed by atoms with E-state index in [4.69, 9.17) is 16.3 Å². The highest BCUT2D eigenvalue weighted by Gasteiger charge is 2.17. The summed E-state index contributed by atoms with van der Waals surface area (Å²) < 4.78 is 29.0. The van der Waals surface area contributed by atoms with Crippen LogP contribution in [0, 0.1) is 0 Å². The van der Waals surface area contributed by atoms with Crippen molar-refractivity contribution in [1.29, 1.82) is 0 Å². The molecule has 0 bridgehead atoms. The smallest absolute Gasteiger partial charge is 0.181 e. The quantitative estimate of drug-likeness (QED) is 0.831. The molecule has 0 amide bonds. The summed E-state index contributed by atoms with van der Waals surface area (Å²) >= 11 is 5.88. The van der Waals surface area contributed by atoms with Gasteiger partial charge in [0.15, 0.2) is 9.84 Å². The maximum atomic E-state index is 12.0. The van der Waals surface area contributed by atoms with Gasteiger partial charge in [0.1, 0.15) is 0 Å². The lowest BCUT2D eigenvalue weighted by Gasteiger charge is -2.13. The number of hydrogen-bond acceptors (Lipinski definition) is 4. The minimum absolute atomic E-state index is 0.0186.